The average Bonchev–Trinajstić information content (AvgIpc) is 2.13. The minimum Gasteiger partial charge on any atom is -0.384 e. The molecule has 0 aliphatic heterocycles. The number of nitrogens with two attached hydrogens (primary N) is 1. The van der Waals surface area contributed by atoms with Gasteiger partial charge in [-0.05, 0) is 6.92 Å². The smallest absolute Gasteiger partial charge is 0.384 e. The van der Waals surface area contributed by atoms with Gasteiger partial charge in [0.2, 0.25) is 0 Å². The zero-order valence-electron chi connectivity index (χ0n) is 9.12. The number of nitrogens with zero attached hydrogens (tertiary/aromatic N) is 2. The minimum absolute atomic E-state index is 0.0125. The van der Waals surface area contributed by atoms with Crippen LogP contribution in [-0.4, -0.2) is 35.1 Å². The number of thioether (sulfide) groups is 1. The summed E-state index contributed by atoms with van der Waals surface area (Å²) in [6.07, 6.45) is -4.28. The number of ether oxygens (including phenoxy) is 1. The van der Waals surface area contributed by atoms with Crippen molar-refractivity contribution in [3.8, 4) is 0 Å². The molecule has 17 heavy (non-hydrogen) atoms. The van der Waals surface area contributed by atoms with E-state index in [1.54, 1.807) is 13.0 Å². The molecule has 2 N–H and O–H groups in total. The Hall–Kier alpha value is -1.02. The van der Waals surface area contributed by atoms with Crippen molar-refractivity contribution in [1.29, 1.82) is 0 Å². The van der Waals surface area contributed by atoms with E-state index >= 15 is 0 Å². The molecule has 0 unspecified atom stereocenters. The molecular weight excluding hydrogens is 255 g/mol. The highest BCUT2D eigenvalue weighted by molar-refractivity contribution is 7.99. The summed E-state index contributed by atoms with van der Waals surface area (Å²) in [4.78, 5) is 8.01. The Bertz CT molecular complexity index is 353. The molecule has 8 heteroatoms. The van der Waals surface area contributed by atoms with Gasteiger partial charge in [-0.25, -0.2) is 9.97 Å². The average molecular weight is 267 g/mol. The van der Waals surface area contributed by atoms with Crippen molar-refractivity contribution in [3.05, 3.63) is 11.8 Å². The second-order valence-electron chi connectivity index (χ2n) is 3.23. The largest absolute Gasteiger partial charge is 0.411 e. The first-order valence-electron chi connectivity index (χ1n) is 4.75. The highest BCUT2D eigenvalue weighted by Crippen LogP contribution is 2.17. The second kappa shape index (κ2) is 6.06. The number of rotatable bonds is 5. The summed E-state index contributed by atoms with van der Waals surface area (Å²) in [5, 5.41) is 0.443. The molecule has 1 aromatic rings. The van der Waals surface area contributed by atoms with Gasteiger partial charge >= 0.3 is 6.18 Å². The van der Waals surface area contributed by atoms with Crippen LogP contribution >= 0.6 is 11.8 Å². The van der Waals surface area contributed by atoms with Crippen molar-refractivity contribution < 1.29 is 17.9 Å². The van der Waals surface area contributed by atoms with E-state index < -0.39 is 12.8 Å². The standard InChI is InChI=1S/C9H12F3N3OS/c1-6-4-7(13)15-8(14-6)17-3-2-16-5-9(10,11)12/h4H,2-3,5H2,1H3,(H2,13,14,15). The summed E-state index contributed by atoms with van der Waals surface area (Å²) in [7, 11) is 0. The number of alkyl halides is 3. The van der Waals surface area contributed by atoms with Gasteiger partial charge in [0.25, 0.3) is 0 Å². The molecule has 0 spiro atoms. The number of halogens is 3. The number of aromatic nitrogens is 2. The van der Waals surface area contributed by atoms with Gasteiger partial charge in [-0.3, -0.25) is 0 Å². The quantitative estimate of drug-likeness (QED) is 0.502. The third kappa shape index (κ3) is 6.32. The van der Waals surface area contributed by atoms with E-state index in [4.69, 9.17) is 5.73 Å². The van der Waals surface area contributed by atoms with Crippen LogP contribution in [0.3, 0.4) is 0 Å². The van der Waals surface area contributed by atoms with E-state index in [2.05, 4.69) is 14.7 Å². The lowest BCUT2D eigenvalue weighted by atomic mass is 10.4. The molecule has 0 aliphatic carbocycles. The topological polar surface area (TPSA) is 61.0 Å². The van der Waals surface area contributed by atoms with Crippen LogP contribution < -0.4 is 5.73 Å². The maximum Gasteiger partial charge on any atom is 0.411 e. The lowest BCUT2D eigenvalue weighted by Gasteiger charge is -2.07. The summed E-state index contributed by atoms with van der Waals surface area (Å²) < 4.78 is 39.7. The fraction of sp³-hybridized carbons (Fsp3) is 0.556. The molecule has 96 valence electrons. The van der Waals surface area contributed by atoms with Crippen LogP contribution in [0.2, 0.25) is 0 Å². The zero-order valence-corrected chi connectivity index (χ0v) is 9.94. The third-order valence-corrected chi connectivity index (χ3v) is 2.39. The van der Waals surface area contributed by atoms with E-state index in [1.807, 2.05) is 0 Å². The number of nitrogen functional groups attached to an aromatic ring is 1. The fourth-order valence-corrected chi connectivity index (χ4v) is 1.77. The number of aryl methyl sites for hydroxylation is 1. The monoisotopic (exact) mass is 267 g/mol. The highest BCUT2D eigenvalue weighted by atomic mass is 32.2. The van der Waals surface area contributed by atoms with Gasteiger partial charge in [0, 0.05) is 17.5 Å². The van der Waals surface area contributed by atoms with E-state index in [9.17, 15) is 13.2 Å². The first-order valence-corrected chi connectivity index (χ1v) is 5.74. The molecule has 4 nitrogen and oxygen atoms in total. The van der Waals surface area contributed by atoms with Gasteiger partial charge < -0.3 is 10.5 Å². The van der Waals surface area contributed by atoms with Crippen LogP contribution in [0.25, 0.3) is 0 Å². The zero-order chi connectivity index (χ0) is 12.9. The summed E-state index contributed by atoms with van der Waals surface area (Å²) in [5.41, 5.74) is 6.22. The van der Waals surface area contributed by atoms with Gasteiger partial charge in [-0.1, -0.05) is 11.8 Å². The number of hydrogen-bond donors (Lipinski definition) is 1. The molecule has 0 atom stereocenters. The number of hydrogen-bond acceptors (Lipinski definition) is 5. The summed E-state index contributed by atoms with van der Waals surface area (Å²) >= 11 is 1.20. The molecule has 0 amide bonds. The third-order valence-electron chi connectivity index (χ3n) is 1.58. The van der Waals surface area contributed by atoms with Gasteiger partial charge in [0.15, 0.2) is 5.16 Å². The van der Waals surface area contributed by atoms with Crippen LogP contribution in [0.4, 0.5) is 19.0 Å². The Morgan fingerprint density at radius 2 is 2.12 bits per heavy atom. The summed E-state index contributed by atoms with van der Waals surface area (Å²) in [5.74, 6) is 0.690. The highest BCUT2D eigenvalue weighted by Gasteiger charge is 2.27. The lowest BCUT2D eigenvalue weighted by molar-refractivity contribution is -0.172. The second-order valence-corrected chi connectivity index (χ2v) is 4.30. The molecule has 0 saturated carbocycles. The Labute approximate surface area is 101 Å². The molecule has 0 fully saturated rings. The first kappa shape index (κ1) is 14.0. The number of anilines is 1. The van der Waals surface area contributed by atoms with Crippen molar-refractivity contribution in [1.82, 2.24) is 9.97 Å². The van der Waals surface area contributed by atoms with Gasteiger partial charge in [0.05, 0.1) is 6.61 Å². The maximum atomic E-state index is 11.7. The normalized spacial score (nSPS) is 11.8. The Kier molecular flexibility index (Phi) is 5.01. The molecule has 0 radical (unpaired) electrons. The van der Waals surface area contributed by atoms with Crippen molar-refractivity contribution in [2.75, 3.05) is 24.7 Å². The molecule has 1 aromatic heterocycles. The van der Waals surface area contributed by atoms with Crippen molar-refractivity contribution in [2.24, 2.45) is 0 Å². The molecule has 1 heterocycles. The van der Waals surface area contributed by atoms with Gasteiger partial charge in [-0.15, -0.1) is 0 Å². The Morgan fingerprint density at radius 1 is 1.41 bits per heavy atom. The van der Waals surface area contributed by atoms with E-state index in [1.165, 1.54) is 11.8 Å². The fourth-order valence-electron chi connectivity index (χ4n) is 1.01. The minimum atomic E-state index is -4.28. The SMILES string of the molecule is Cc1cc(N)nc(SCCOCC(F)(F)F)n1. The Balaban J connectivity index is 2.27. The van der Waals surface area contributed by atoms with E-state index in [-0.39, 0.29) is 6.61 Å². The summed E-state index contributed by atoms with van der Waals surface area (Å²) in [6, 6.07) is 1.62. The van der Waals surface area contributed by atoms with Crippen LogP contribution in [0.5, 0.6) is 0 Å². The molecular formula is C9H12F3N3OS. The Morgan fingerprint density at radius 3 is 2.71 bits per heavy atom. The van der Waals surface area contributed by atoms with Gasteiger partial charge in [-0.2, -0.15) is 13.2 Å². The van der Waals surface area contributed by atoms with E-state index in [0.29, 0.717) is 16.7 Å². The molecule has 0 bridgehead atoms. The molecule has 0 aliphatic rings. The van der Waals surface area contributed by atoms with Gasteiger partial charge in [0.1, 0.15) is 12.4 Å². The maximum absolute atomic E-state index is 11.7. The van der Waals surface area contributed by atoms with Crippen LogP contribution in [-0.2, 0) is 4.74 Å². The molecule has 1 rings (SSSR count). The van der Waals surface area contributed by atoms with Crippen LogP contribution in [0, 0.1) is 6.92 Å². The lowest BCUT2D eigenvalue weighted by Crippen LogP contribution is -2.17. The van der Waals surface area contributed by atoms with Crippen molar-refractivity contribution in [2.45, 2.75) is 18.3 Å². The predicted molar refractivity (Wildman–Crippen MR) is 58.8 cm³/mol. The van der Waals surface area contributed by atoms with Crippen molar-refractivity contribution >= 4 is 17.6 Å². The van der Waals surface area contributed by atoms with Crippen LogP contribution in [0.15, 0.2) is 11.2 Å². The molecule has 0 saturated heterocycles. The van der Waals surface area contributed by atoms with Crippen LogP contribution in [0.1, 0.15) is 5.69 Å². The van der Waals surface area contributed by atoms with E-state index in [0.717, 1.165) is 5.69 Å². The molecule has 0 aromatic carbocycles. The van der Waals surface area contributed by atoms with Crippen molar-refractivity contribution in [3.63, 3.8) is 0 Å². The summed E-state index contributed by atoms with van der Waals surface area (Å²) in [6.45, 7) is 0.522. The predicted octanol–water partition coefficient (Wildman–Crippen LogP) is 2.04. The first-order chi connectivity index (χ1) is 7.87.